The van der Waals surface area contributed by atoms with Gasteiger partial charge >= 0.3 is 0 Å². The molecule has 0 unspecified atom stereocenters. The summed E-state index contributed by atoms with van der Waals surface area (Å²) >= 11 is 0. The maximum atomic E-state index is 11.0. The highest BCUT2D eigenvalue weighted by molar-refractivity contribution is 7.90. The SMILES string of the molecule is CN(CCC1(N)CCCC1)CCS(C)(=O)=O. The third-order valence-corrected chi connectivity index (χ3v) is 4.36. The first-order chi connectivity index (χ1) is 7.31. The summed E-state index contributed by atoms with van der Waals surface area (Å²) in [4.78, 5) is 2.06. The molecule has 96 valence electrons. The van der Waals surface area contributed by atoms with Crippen molar-refractivity contribution in [2.24, 2.45) is 5.73 Å². The Labute approximate surface area is 99.1 Å². The number of nitrogens with two attached hydrogens (primary N) is 1. The van der Waals surface area contributed by atoms with Crippen LogP contribution in [0.5, 0.6) is 0 Å². The number of rotatable bonds is 6. The summed E-state index contributed by atoms with van der Waals surface area (Å²) in [6.45, 7) is 1.50. The van der Waals surface area contributed by atoms with Gasteiger partial charge in [0, 0.05) is 18.3 Å². The zero-order valence-corrected chi connectivity index (χ0v) is 11.2. The topological polar surface area (TPSA) is 63.4 Å². The summed E-state index contributed by atoms with van der Waals surface area (Å²) in [5, 5.41) is 0. The van der Waals surface area contributed by atoms with E-state index in [-0.39, 0.29) is 11.3 Å². The van der Waals surface area contributed by atoms with Gasteiger partial charge in [0.05, 0.1) is 5.75 Å². The minimum atomic E-state index is -2.84. The van der Waals surface area contributed by atoms with Crippen molar-refractivity contribution in [2.45, 2.75) is 37.6 Å². The predicted octanol–water partition coefficient (Wildman–Crippen LogP) is 0.624. The third kappa shape index (κ3) is 5.27. The van der Waals surface area contributed by atoms with E-state index in [0.717, 1.165) is 25.8 Å². The van der Waals surface area contributed by atoms with Gasteiger partial charge in [-0.3, -0.25) is 0 Å². The number of hydrogen-bond donors (Lipinski definition) is 1. The molecule has 0 spiro atoms. The average Bonchev–Trinajstić information content (AvgIpc) is 2.59. The summed E-state index contributed by atoms with van der Waals surface area (Å²) in [5.41, 5.74) is 6.26. The van der Waals surface area contributed by atoms with E-state index in [4.69, 9.17) is 5.73 Å². The van der Waals surface area contributed by atoms with E-state index in [9.17, 15) is 8.42 Å². The molecule has 0 atom stereocenters. The van der Waals surface area contributed by atoms with Crippen molar-refractivity contribution in [3.8, 4) is 0 Å². The molecule has 0 saturated heterocycles. The highest BCUT2D eigenvalue weighted by Crippen LogP contribution is 2.29. The van der Waals surface area contributed by atoms with Crippen molar-refractivity contribution in [2.75, 3.05) is 32.1 Å². The fraction of sp³-hybridized carbons (Fsp3) is 1.00. The Morgan fingerprint density at radius 2 is 1.81 bits per heavy atom. The number of hydrogen-bond acceptors (Lipinski definition) is 4. The Balaban J connectivity index is 2.22. The van der Waals surface area contributed by atoms with Crippen LogP contribution in [0.1, 0.15) is 32.1 Å². The van der Waals surface area contributed by atoms with Gasteiger partial charge in [-0.1, -0.05) is 12.8 Å². The third-order valence-electron chi connectivity index (χ3n) is 3.43. The van der Waals surface area contributed by atoms with Crippen LogP contribution in [0.15, 0.2) is 0 Å². The first-order valence-electron chi connectivity index (χ1n) is 5.96. The van der Waals surface area contributed by atoms with Gasteiger partial charge in [0.2, 0.25) is 0 Å². The van der Waals surface area contributed by atoms with Crippen LogP contribution in [0.3, 0.4) is 0 Å². The molecule has 0 aliphatic heterocycles. The highest BCUT2D eigenvalue weighted by Gasteiger charge is 2.28. The standard InChI is InChI=1S/C11H24N2O2S/c1-13(9-10-16(2,14)15)8-7-11(12)5-3-4-6-11/h3-10,12H2,1-2H3. The van der Waals surface area contributed by atoms with Crippen LogP contribution < -0.4 is 5.73 Å². The summed E-state index contributed by atoms with van der Waals surface area (Å²) in [6, 6.07) is 0. The fourth-order valence-corrected chi connectivity index (χ4v) is 2.82. The van der Waals surface area contributed by atoms with Gasteiger partial charge in [-0.25, -0.2) is 8.42 Å². The van der Waals surface area contributed by atoms with Crippen molar-refractivity contribution in [1.82, 2.24) is 4.90 Å². The van der Waals surface area contributed by atoms with Gasteiger partial charge < -0.3 is 10.6 Å². The lowest BCUT2D eigenvalue weighted by atomic mass is 9.95. The van der Waals surface area contributed by atoms with Crippen LogP contribution in [0.4, 0.5) is 0 Å². The lowest BCUT2D eigenvalue weighted by Gasteiger charge is -2.26. The van der Waals surface area contributed by atoms with E-state index < -0.39 is 9.84 Å². The molecular weight excluding hydrogens is 224 g/mol. The Kier molecular flexibility index (Phi) is 4.76. The predicted molar refractivity (Wildman–Crippen MR) is 67.2 cm³/mol. The second kappa shape index (κ2) is 5.47. The Hall–Kier alpha value is -0.130. The molecule has 5 heteroatoms. The zero-order valence-electron chi connectivity index (χ0n) is 10.4. The summed E-state index contributed by atoms with van der Waals surface area (Å²) in [5.74, 6) is 0.237. The first-order valence-corrected chi connectivity index (χ1v) is 8.02. The monoisotopic (exact) mass is 248 g/mol. The minimum absolute atomic E-state index is 0.0132. The van der Waals surface area contributed by atoms with E-state index in [1.165, 1.54) is 19.1 Å². The van der Waals surface area contributed by atoms with Crippen LogP contribution >= 0.6 is 0 Å². The number of sulfone groups is 1. The van der Waals surface area contributed by atoms with Gasteiger partial charge in [-0.15, -0.1) is 0 Å². The lowest BCUT2D eigenvalue weighted by molar-refractivity contribution is 0.290. The Morgan fingerprint density at radius 1 is 1.25 bits per heavy atom. The normalized spacial score (nSPS) is 20.5. The molecule has 4 nitrogen and oxygen atoms in total. The van der Waals surface area contributed by atoms with E-state index in [1.807, 2.05) is 7.05 Å². The fourth-order valence-electron chi connectivity index (χ4n) is 2.18. The molecule has 1 aliphatic carbocycles. The molecule has 2 N–H and O–H groups in total. The van der Waals surface area contributed by atoms with Gasteiger partial charge in [-0.05, 0) is 32.9 Å². The average molecular weight is 248 g/mol. The molecular formula is C11H24N2O2S. The quantitative estimate of drug-likeness (QED) is 0.748. The zero-order chi connectivity index (χ0) is 12.2. The maximum Gasteiger partial charge on any atom is 0.148 e. The molecule has 0 bridgehead atoms. The van der Waals surface area contributed by atoms with Crippen LogP contribution in [0, 0.1) is 0 Å². The minimum Gasteiger partial charge on any atom is -0.325 e. The lowest BCUT2D eigenvalue weighted by Crippen LogP contribution is -2.40. The largest absolute Gasteiger partial charge is 0.325 e. The van der Waals surface area contributed by atoms with Gasteiger partial charge in [0.15, 0.2) is 0 Å². The molecule has 1 saturated carbocycles. The molecule has 0 aromatic heterocycles. The Morgan fingerprint density at radius 3 is 2.31 bits per heavy atom. The van der Waals surface area contributed by atoms with Gasteiger partial charge in [0.25, 0.3) is 0 Å². The van der Waals surface area contributed by atoms with E-state index >= 15 is 0 Å². The molecule has 0 heterocycles. The van der Waals surface area contributed by atoms with Crippen molar-refractivity contribution in [1.29, 1.82) is 0 Å². The van der Waals surface area contributed by atoms with Crippen molar-refractivity contribution < 1.29 is 8.42 Å². The van der Waals surface area contributed by atoms with Crippen molar-refractivity contribution in [3.63, 3.8) is 0 Å². The smallest absolute Gasteiger partial charge is 0.148 e. The van der Waals surface area contributed by atoms with E-state index in [2.05, 4.69) is 4.90 Å². The maximum absolute atomic E-state index is 11.0. The second-order valence-electron chi connectivity index (χ2n) is 5.25. The van der Waals surface area contributed by atoms with E-state index in [1.54, 1.807) is 0 Å². The van der Waals surface area contributed by atoms with Gasteiger partial charge in [0.1, 0.15) is 9.84 Å². The van der Waals surface area contributed by atoms with E-state index in [0.29, 0.717) is 6.54 Å². The van der Waals surface area contributed by atoms with Gasteiger partial charge in [-0.2, -0.15) is 0 Å². The van der Waals surface area contributed by atoms with Crippen LogP contribution in [-0.2, 0) is 9.84 Å². The van der Waals surface area contributed by atoms with Crippen molar-refractivity contribution >= 4 is 9.84 Å². The van der Waals surface area contributed by atoms with Crippen LogP contribution in [0.2, 0.25) is 0 Å². The molecule has 1 fully saturated rings. The summed E-state index contributed by atoms with van der Waals surface area (Å²) in [6.07, 6.45) is 6.97. The highest BCUT2D eigenvalue weighted by atomic mass is 32.2. The van der Waals surface area contributed by atoms with Crippen LogP contribution in [0.25, 0.3) is 0 Å². The molecule has 16 heavy (non-hydrogen) atoms. The molecule has 1 aliphatic rings. The molecule has 0 aromatic carbocycles. The number of nitrogens with zero attached hydrogens (tertiary/aromatic N) is 1. The molecule has 0 radical (unpaired) electrons. The van der Waals surface area contributed by atoms with Crippen LogP contribution in [-0.4, -0.2) is 51.0 Å². The molecule has 1 rings (SSSR count). The Bertz CT molecular complexity index is 308. The first kappa shape index (κ1) is 13.9. The van der Waals surface area contributed by atoms with Crippen molar-refractivity contribution in [3.05, 3.63) is 0 Å². The summed E-state index contributed by atoms with van der Waals surface area (Å²) in [7, 11) is -0.883. The second-order valence-corrected chi connectivity index (χ2v) is 7.51. The summed E-state index contributed by atoms with van der Waals surface area (Å²) < 4.78 is 22.0. The molecule has 0 aromatic rings. The molecule has 0 amide bonds.